The van der Waals surface area contributed by atoms with E-state index in [4.69, 9.17) is 4.55 Å². The van der Waals surface area contributed by atoms with E-state index in [0.29, 0.717) is 0 Å². The molecule has 0 saturated carbocycles. The lowest BCUT2D eigenvalue weighted by molar-refractivity contribution is 0.483. The number of aromatic nitrogens is 1. The van der Waals surface area contributed by atoms with Crippen molar-refractivity contribution in [1.82, 2.24) is 4.98 Å². The third kappa shape index (κ3) is 1.89. The van der Waals surface area contributed by atoms with E-state index in [1.807, 2.05) is 0 Å². The van der Waals surface area contributed by atoms with Gasteiger partial charge in [-0.25, -0.2) is 0 Å². The van der Waals surface area contributed by atoms with Crippen LogP contribution in [0.5, 0.6) is 0 Å². The molecule has 0 aliphatic heterocycles. The summed E-state index contributed by atoms with van der Waals surface area (Å²) in [6.45, 7) is 0. The highest BCUT2D eigenvalue weighted by molar-refractivity contribution is 7.85. The highest BCUT2D eigenvalue weighted by atomic mass is 32.2. The largest absolute Gasteiger partial charge is 0.329 e. The molecule has 6 heteroatoms. The maximum atomic E-state index is 10.5. The molecule has 5 nitrogen and oxygen atoms in total. The Morgan fingerprint density at radius 3 is 2.45 bits per heavy atom. The second-order valence-electron chi connectivity index (χ2n) is 1.86. The Labute approximate surface area is 62.4 Å². The zero-order chi connectivity index (χ0) is 8.48. The monoisotopic (exact) mass is 175 g/mol. The predicted molar refractivity (Wildman–Crippen MR) is 36.9 cm³/mol. The maximum Gasteiger partial charge on any atom is 0.294 e. The first-order chi connectivity index (χ1) is 5.00. The summed E-state index contributed by atoms with van der Waals surface area (Å²) >= 11 is 0. The lowest BCUT2D eigenvalue weighted by Gasteiger charge is -1.92. The predicted octanol–water partition coefficient (Wildman–Crippen LogP) is -0.378. The number of H-pyrrole nitrogens is 1. The van der Waals surface area contributed by atoms with Gasteiger partial charge in [0.15, 0.2) is 0 Å². The minimum Gasteiger partial charge on any atom is -0.329 e. The standard InChI is InChI=1S/C5H5NO4S/c7-5-3-4(1-2-6-5)11(8,9)10/h1-3H,(H,6,7)(H,8,9,10). The molecule has 0 saturated heterocycles. The van der Waals surface area contributed by atoms with Gasteiger partial charge in [-0.1, -0.05) is 0 Å². The second-order valence-corrected chi connectivity index (χ2v) is 3.29. The molecule has 0 atom stereocenters. The average molecular weight is 175 g/mol. The van der Waals surface area contributed by atoms with E-state index in [2.05, 4.69) is 4.98 Å². The number of aromatic amines is 1. The van der Waals surface area contributed by atoms with Crippen LogP contribution in [0.3, 0.4) is 0 Å². The van der Waals surface area contributed by atoms with Crippen LogP contribution in [-0.2, 0) is 10.1 Å². The number of pyridine rings is 1. The minimum atomic E-state index is -4.25. The molecular weight excluding hydrogens is 170 g/mol. The van der Waals surface area contributed by atoms with Crippen LogP contribution in [0.1, 0.15) is 0 Å². The van der Waals surface area contributed by atoms with Gasteiger partial charge in [0.2, 0.25) is 5.56 Å². The maximum absolute atomic E-state index is 10.5. The summed E-state index contributed by atoms with van der Waals surface area (Å²) in [4.78, 5) is 12.3. The van der Waals surface area contributed by atoms with E-state index in [0.717, 1.165) is 18.3 Å². The van der Waals surface area contributed by atoms with Crippen molar-refractivity contribution in [3.05, 3.63) is 28.7 Å². The summed E-state index contributed by atoms with van der Waals surface area (Å²) in [5.74, 6) is 0. The van der Waals surface area contributed by atoms with Crippen LogP contribution < -0.4 is 5.56 Å². The first kappa shape index (κ1) is 7.96. The Kier molecular flexibility index (Phi) is 1.79. The van der Waals surface area contributed by atoms with E-state index in [1.54, 1.807) is 0 Å². The van der Waals surface area contributed by atoms with E-state index in [9.17, 15) is 13.2 Å². The van der Waals surface area contributed by atoms with Crippen molar-refractivity contribution in [3.8, 4) is 0 Å². The van der Waals surface area contributed by atoms with Crippen molar-refractivity contribution < 1.29 is 13.0 Å². The van der Waals surface area contributed by atoms with Gasteiger partial charge >= 0.3 is 0 Å². The average Bonchev–Trinajstić information content (AvgIpc) is 1.86. The molecule has 0 radical (unpaired) electrons. The minimum absolute atomic E-state index is 0.402. The fourth-order valence-corrected chi connectivity index (χ4v) is 1.08. The van der Waals surface area contributed by atoms with Crippen LogP contribution in [0.15, 0.2) is 28.0 Å². The van der Waals surface area contributed by atoms with Crippen LogP contribution in [0.25, 0.3) is 0 Å². The molecule has 1 aromatic rings. The lowest BCUT2D eigenvalue weighted by atomic mass is 10.5. The zero-order valence-corrected chi connectivity index (χ0v) is 6.13. The first-order valence-corrected chi connectivity index (χ1v) is 4.10. The van der Waals surface area contributed by atoms with E-state index in [-0.39, 0.29) is 0 Å². The molecule has 1 aromatic heterocycles. The molecule has 0 fully saturated rings. The third-order valence-corrected chi connectivity index (χ3v) is 1.89. The van der Waals surface area contributed by atoms with Crippen molar-refractivity contribution in [3.63, 3.8) is 0 Å². The van der Waals surface area contributed by atoms with Gasteiger partial charge < -0.3 is 4.98 Å². The van der Waals surface area contributed by atoms with Crippen LogP contribution in [0, 0.1) is 0 Å². The number of hydrogen-bond donors (Lipinski definition) is 2. The molecule has 2 N–H and O–H groups in total. The molecule has 0 unspecified atom stereocenters. The number of rotatable bonds is 1. The summed E-state index contributed by atoms with van der Waals surface area (Å²) in [6, 6.07) is 1.89. The number of nitrogens with one attached hydrogen (secondary N) is 1. The van der Waals surface area contributed by atoms with E-state index in [1.165, 1.54) is 0 Å². The molecule has 0 aromatic carbocycles. The lowest BCUT2D eigenvalue weighted by Crippen LogP contribution is -2.07. The molecule has 11 heavy (non-hydrogen) atoms. The fraction of sp³-hybridized carbons (Fsp3) is 0. The fourth-order valence-electron chi connectivity index (χ4n) is 0.585. The molecule has 60 valence electrons. The van der Waals surface area contributed by atoms with Crippen molar-refractivity contribution in [1.29, 1.82) is 0 Å². The highest BCUT2D eigenvalue weighted by Crippen LogP contribution is 2.01. The Bertz CT molecular complexity index is 404. The summed E-state index contributed by atoms with van der Waals surface area (Å²) < 4.78 is 29.2. The van der Waals surface area contributed by atoms with Gasteiger partial charge in [-0.3, -0.25) is 9.35 Å². The van der Waals surface area contributed by atoms with Crippen LogP contribution in [0.2, 0.25) is 0 Å². The summed E-state index contributed by atoms with van der Waals surface area (Å²) in [7, 11) is -4.25. The molecule has 0 aliphatic rings. The van der Waals surface area contributed by atoms with Crippen molar-refractivity contribution >= 4 is 10.1 Å². The van der Waals surface area contributed by atoms with Gasteiger partial charge in [0.05, 0.1) is 0 Å². The summed E-state index contributed by atoms with van der Waals surface area (Å²) in [6.07, 6.45) is 1.14. The zero-order valence-electron chi connectivity index (χ0n) is 5.31. The quantitative estimate of drug-likeness (QED) is 0.569. The second kappa shape index (κ2) is 2.48. The van der Waals surface area contributed by atoms with E-state index >= 15 is 0 Å². The smallest absolute Gasteiger partial charge is 0.294 e. The molecule has 0 spiro atoms. The van der Waals surface area contributed by atoms with Gasteiger partial charge in [-0.05, 0) is 6.07 Å². The SMILES string of the molecule is O=c1cc(S(=O)(=O)O)cc[nH]1. The Balaban J connectivity index is 3.40. The van der Waals surface area contributed by atoms with Gasteiger partial charge in [-0.2, -0.15) is 8.42 Å². The summed E-state index contributed by atoms with van der Waals surface area (Å²) in [5.41, 5.74) is -0.569. The highest BCUT2D eigenvalue weighted by Gasteiger charge is 2.08. The Morgan fingerprint density at radius 2 is 2.09 bits per heavy atom. The van der Waals surface area contributed by atoms with Crippen molar-refractivity contribution in [2.45, 2.75) is 4.90 Å². The third-order valence-electron chi connectivity index (χ3n) is 1.04. The molecule has 0 bridgehead atoms. The topological polar surface area (TPSA) is 87.2 Å². The molecule has 0 amide bonds. The summed E-state index contributed by atoms with van der Waals surface area (Å²) in [5, 5.41) is 0. The van der Waals surface area contributed by atoms with Crippen LogP contribution >= 0.6 is 0 Å². The van der Waals surface area contributed by atoms with Gasteiger partial charge in [0.25, 0.3) is 10.1 Å². The van der Waals surface area contributed by atoms with Gasteiger partial charge in [0, 0.05) is 12.3 Å². The first-order valence-electron chi connectivity index (χ1n) is 2.66. The van der Waals surface area contributed by atoms with Crippen LogP contribution in [-0.4, -0.2) is 18.0 Å². The Morgan fingerprint density at radius 1 is 1.45 bits per heavy atom. The molecular formula is C5H5NO4S. The molecule has 1 heterocycles. The number of hydrogen-bond acceptors (Lipinski definition) is 3. The van der Waals surface area contributed by atoms with Crippen molar-refractivity contribution in [2.24, 2.45) is 0 Å². The Hall–Kier alpha value is -1.14. The van der Waals surface area contributed by atoms with Crippen LogP contribution in [0.4, 0.5) is 0 Å². The normalized spacial score (nSPS) is 11.4. The molecule has 1 rings (SSSR count). The van der Waals surface area contributed by atoms with Gasteiger partial charge in [0.1, 0.15) is 4.90 Å². The molecule has 0 aliphatic carbocycles. The van der Waals surface area contributed by atoms with Crippen molar-refractivity contribution in [2.75, 3.05) is 0 Å². The van der Waals surface area contributed by atoms with E-state index < -0.39 is 20.6 Å². The van der Waals surface area contributed by atoms with Gasteiger partial charge in [-0.15, -0.1) is 0 Å².